The smallest absolute Gasteiger partial charge is 0.252 e. The molecule has 3 atom stereocenters. The van der Waals surface area contributed by atoms with Crippen molar-refractivity contribution in [1.82, 2.24) is 10.2 Å². The number of ether oxygens (including phenoxy) is 2. The molecule has 0 saturated carbocycles. The van der Waals surface area contributed by atoms with Crippen molar-refractivity contribution in [2.45, 2.75) is 30.6 Å². The molecule has 2 aromatic carbocycles. The second kappa shape index (κ2) is 7.52. The van der Waals surface area contributed by atoms with E-state index in [0.717, 1.165) is 24.1 Å². The van der Waals surface area contributed by atoms with Crippen LogP contribution in [0.15, 0.2) is 48.5 Å². The molecule has 0 aromatic heterocycles. The van der Waals surface area contributed by atoms with Gasteiger partial charge in [-0.15, -0.1) is 0 Å². The minimum absolute atomic E-state index is 0.0140. The van der Waals surface area contributed by atoms with Crippen LogP contribution in [0.4, 0.5) is 4.39 Å². The number of carbonyl (C=O) groups is 1. The summed E-state index contributed by atoms with van der Waals surface area (Å²) in [7, 11) is 0. The van der Waals surface area contributed by atoms with Crippen molar-refractivity contribution in [3.63, 3.8) is 0 Å². The first-order chi connectivity index (χ1) is 14.2. The highest BCUT2D eigenvalue weighted by atomic mass is 19.1. The molecule has 29 heavy (non-hydrogen) atoms. The number of hydrogen-bond donors (Lipinski definition) is 1. The number of carbonyl (C=O) groups excluding carboxylic acids is 1. The number of nitrogens with zero attached hydrogens (tertiary/aromatic N) is 1. The molecule has 0 bridgehead atoms. The summed E-state index contributed by atoms with van der Waals surface area (Å²) in [5.74, 6) is -0.293. The Balaban J connectivity index is 1.45. The van der Waals surface area contributed by atoms with Gasteiger partial charge in [-0.1, -0.05) is 36.4 Å². The highest BCUT2D eigenvalue weighted by Crippen LogP contribution is 2.38. The van der Waals surface area contributed by atoms with E-state index < -0.39 is 11.7 Å². The van der Waals surface area contributed by atoms with E-state index in [0.29, 0.717) is 32.7 Å². The largest absolute Gasteiger partial charge is 0.370 e. The van der Waals surface area contributed by atoms with Crippen LogP contribution in [0.2, 0.25) is 0 Å². The zero-order chi connectivity index (χ0) is 19.8. The van der Waals surface area contributed by atoms with Crippen LogP contribution in [0, 0.1) is 5.82 Å². The standard InChI is InChI=1S/C23H25FN2O3/c24-18-7-5-17(6-8-18)21-19-4-2-1-3-16(19)9-11-26(21)22(27)20-13-23(15-28-20)14-25-10-12-29-23/h1-8,20-21,25H,9-15H2/t20-,21+,23+/m1/s1. The second-order valence-corrected chi connectivity index (χ2v) is 8.15. The van der Waals surface area contributed by atoms with Crippen molar-refractivity contribution >= 4 is 5.91 Å². The monoisotopic (exact) mass is 396 g/mol. The quantitative estimate of drug-likeness (QED) is 0.847. The molecule has 0 unspecified atom stereocenters. The third-order valence-corrected chi connectivity index (χ3v) is 6.27. The molecule has 0 radical (unpaired) electrons. The van der Waals surface area contributed by atoms with Crippen LogP contribution in [-0.2, 0) is 20.7 Å². The van der Waals surface area contributed by atoms with E-state index in [-0.39, 0.29) is 17.8 Å². The molecule has 2 fully saturated rings. The first kappa shape index (κ1) is 18.7. The molecule has 5 nitrogen and oxygen atoms in total. The minimum atomic E-state index is -0.511. The zero-order valence-electron chi connectivity index (χ0n) is 16.3. The highest BCUT2D eigenvalue weighted by Gasteiger charge is 2.47. The summed E-state index contributed by atoms with van der Waals surface area (Å²) >= 11 is 0. The van der Waals surface area contributed by atoms with Gasteiger partial charge in [-0.3, -0.25) is 4.79 Å². The number of rotatable bonds is 2. The van der Waals surface area contributed by atoms with Gasteiger partial charge in [-0.25, -0.2) is 4.39 Å². The number of hydrogen-bond acceptors (Lipinski definition) is 4. The van der Waals surface area contributed by atoms with Gasteiger partial charge in [0.05, 0.1) is 19.3 Å². The summed E-state index contributed by atoms with van der Waals surface area (Å²) in [6.45, 7) is 3.22. The third kappa shape index (κ3) is 3.45. The molecule has 3 aliphatic rings. The molecule has 0 aliphatic carbocycles. The summed E-state index contributed by atoms with van der Waals surface area (Å²) in [5.41, 5.74) is 2.84. The van der Waals surface area contributed by atoms with Crippen LogP contribution >= 0.6 is 0 Å². The Morgan fingerprint density at radius 2 is 2.00 bits per heavy atom. The van der Waals surface area contributed by atoms with Crippen molar-refractivity contribution in [3.05, 3.63) is 71.0 Å². The van der Waals surface area contributed by atoms with Crippen LogP contribution in [0.3, 0.4) is 0 Å². The van der Waals surface area contributed by atoms with Crippen LogP contribution in [0.1, 0.15) is 29.2 Å². The number of benzene rings is 2. The van der Waals surface area contributed by atoms with Crippen molar-refractivity contribution in [2.75, 3.05) is 32.8 Å². The number of morpholine rings is 1. The number of fused-ring (bicyclic) bond motifs is 1. The summed E-state index contributed by atoms with van der Waals surface area (Å²) in [6.07, 6.45) is 0.853. The minimum Gasteiger partial charge on any atom is -0.370 e. The fourth-order valence-corrected chi connectivity index (χ4v) is 4.79. The topological polar surface area (TPSA) is 50.8 Å². The molecule has 5 rings (SSSR count). The molecule has 1 N–H and O–H groups in total. The van der Waals surface area contributed by atoms with Crippen LogP contribution in [0.5, 0.6) is 0 Å². The molecule has 1 amide bonds. The zero-order valence-corrected chi connectivity index (χ0v) is 16.3. The van der Waals surface area contributed by atoms with Gasteiger partial charge in [0.2, 0.25) is 0 Å². The van der Waals surface area contributed by atoms with Crippen molar-refractivity contribution in [3.8, 4) is 0 Å². The summed E-state index contributed by atoms with van der Waals surface area (Å²) in [4.78, 5) is 15.4. The van der Waals surface area contributed by atoms with E-state index in [4.69, 9.17) is 9.47 Å². The van der Waals surface area contributed by atoms with Gasteiger partial charge in [-0.05, 0) is 35.2 Å². The van der Waals surface area contributed by atoms with Crippen molar-refractivity contribution in [1.29, 1.82) is 0 Å². The van der Waals surface area contributed by atoms with Crippen molar-refractivity contribution in [2.24, 2.45) is 0 Å². The maximum absolute atomic E-state index is 13.5. The number of amides is 1. The van der Waals surface area contributed by atoms with Gasteiger partial charge >= 0.3 is 0 Å². The molecular weight excluding hydrogens is 371 g/mol. The fourth-order valence-electron chi connectivity index (χ4n) is 4.79. The lowest BCUT2D eigenvalue weighted by atomic mass is 9.87. The Hall–Kier alpha value is -2.28. The van der Waals surface area contributed by atoms with E-state index in [1.807, 2.05) is 17.0 Å². The molecule has 152 valence electrons. The van der Waals surface area contributed by atoms with E-state index >= 15 is 0 Å². The molecule has 3 aliphatic heterocycles. The Bertz CT molecular complexity index is 895. The molecule has 6 heteroatoms. The van der Waals surface area contributed by atoms with Crippen molar-refractivity contribution < 1.29 is 18.7 Å². The predicted molar refractivity (Wildman–Crippen MR) is 106 cm³/mol. The van der Waals surface area contributed by atoms with Gasteiger partial charge in [0.15, 0.2) is 0 Å². The summed E-state index contributed by atoms with van der Waals surface area (Å²) in [5, 5.41) is 3.34. The Kier molecular flexibility index (Phi) is 4.86. The van der Waals surface area contributed by atoms with E-state index in [2.05, 4.69) is 17.4 Å². The average molecular weight is 396 g/mol. The second-order valence-electron chi connectivity index (χ2n) is 8.15. The summed E-state index contributed by atoms with van der Waals surface area (Å²) in [6, 6.07) is 14.4. The highest BCUT2D eigenvalue weighted by molar-refractivity contribution is 5.82. The van der Waals surface area contributed by atoms with Gasteiger partial charge < -0.3 is 19.7 Å². The van der Waals surface area contributed by atoms with E-state index in [1.54, 1.807) is 12.1 Å². The first-order valence-corrected chi connectivity index (χ1v) is 10.3. The lowest BCUT2D eigenvalue weighted by Crippen LogP contribution is -2.51. The molecule has 2 saturated heterocycles. The predicted octanol–water partition coefficient (Wildman–Crippen LogP) is 2.45. The Morgan fingerprint density at radius 3 is 2.79 bits per heavy atom. The van der Waals surface area contributed by atoms with Gasteiger partial charge in [0.25, 0.3) is 5.91 Å². The lowest BCUT2D eigenvalue weighted by Gasteiger charge is -2.39. The average Bonchev–Trinajstić information content (AvgIpc) is 3.17. The van der Waals surface area contributed by atoms with Gasteiger partial charge in [0, 0.05) is 26.1 Å². The number of nitrogens with one attached hydrogen (secondary N) is 1. The SMILES string of the molecule is O=C([C@H]1C[C@]2(CNCCO2)CO1)N1CCc2ccccc2[C@@H]1c1ccc(F)cc1. The number of halogens is 1. The molecule has 2 aromatic rings. The molecular formula is C23H25FN2O3. The third-order valence-electron chi connectivity index (χ3n) is 6.27. The van der Waals surface area contributed by atoms with Crippen LogP contribution in [-0.4, -0.2) is 55.4 Å². The van der Waals surface area contributed by atoms with Crippen LogP contribution in [0.25, 0.3) is 0 Å². The van der Waals surface area contributed by atoms with Crippen LogP contribution < -0.4 is 5.32 Å². The van der Waals surface area contributed by atoms with Gasteiger partial charge in [0.1, 0.15) is 17.5 Å². The normalized spacial score (nSPS) is 29.1. The van der Waals surface area contributed by atoms with E-state index in [1.165, 1.54) is 17.7 Å². The fraction of sp³-hybridized carbons (Fsp3) is 0.435. The molecule has 3 heterocycles. The van der Waals surface area contributed by atoms with Gasteiger partial charge in [-0.2, -0.15) is 0 Å². The Morgan fingerprint density at radius 1 is 1.17 bits per heavy atom. The molecule has 1 spiro atoms. The maximum Gasteiger partial charge on any atom is 0.252 e. The maximum atomic E-state index is 13.5. The lowest BCUT2D eigenvalue weighted by molar-refractivity contribution is -0.143. The Labute approximate surface area is 169 Å². The first-order valence-electron chi connectivity index (χ1n) is 10.3. The summed E-state index contributed by atoms with van der Waals surface area (Å²) < 4.78 is 25.4. The van der Waals surface area contributed by atoms with E-state index in [9.17, 15) is 9.18 Å².